The van der Waals surface area contributed by atoms with Gasteiger partial charge in [0.1, 0.15) is 10.0 Å². The predicted octanol–water partition coefficient (Wildman–Crippen LogP) is 3.60. The zero-order valence-corrected chi connectivity index (χ0v) is 17.3. The van der Waals surface area contributed by atoms with Gasteiger partial charge < -0.3 is 0 Å². The van der Waals surface area contributed by atoms with Crippen LogP contribution in [-0.4, -0.2) is 33.9 Å². The predicted molar refractivity (Wildman–Crippen MR) is 108 cm³/mol. The Hall–Kier alpha value is -2.59. The zero-order chi connectivity index (χ0) is 20.8. The number of hydrogen-bond acceptors (Lipinski definition) is 7. The van der Waals surface area contributed by atoms with Crippen LogP contribution in [0.1, 0.15) is 0 Å². The molecule has 0 unspecified atom stereocenters. The van der Waals surface area contributed by atoms with E-state index in [2.05, 4.69) is 14.2 Å². The van der Waals surface area contributed by atoms with Gasteiger partial charge in [-0.1, -0.05) is 35.9 Å². The Kier molecular flexibility index (Phi) is 4.78. The normalized spacial score (nSPS) is 12.5. The molecular weight excluding hydrogens is 436 g/mol. The minimum absolute atomic E-state index is 0.0207. The molecule has 0 saturated carbocycles. The van der Waals surface area contributed by atoms with Crippen molar-refractivity contribution >= 4 is 53.1 Å². The number of nitrogens with zero attached hydrogens (tertiary/aromatic N) is 2. The van der Waals surface area contributed by atoms with Crippen LogP contribution in [0.3, 0.4) is 0 Å². The maximum absolute atomic E-state index is 13.4. The number of pyridine rings is 2. The first kappa shape index (κ1) is 19.7. The summed E-state index contributed by atoms with van der Waals surface area (Å²) in [6.45, 7) is 0. The van der Waals surface area contributed by atoms with Crippen LogP contribution >= 0.6 is 11.6 Å². The van der Waals surface area contributed by atoms with E-state index in [0.29, 0.717) is 16.2 Å². The number of sulfone groups is 1. The Morgan fingerprint density at radius 2 is 1.62 bits per heavy atom. The lowest BCUT2D eigenvalue weighted by atomic mass is 10.2. The quantitative estimate of drug-likeness (QED) is 0.347. The fourth-order valence-corrected chi connectivity index (χ4v) is 5.68. The summed E-state index contributed by atoms with van der Waals surface area (Å²) in [7, 11) is -7.17. The fourth-order valence-electron chi connectivity index (χ4n) is 3.07. The average molecular weight is 449 g/mol. The summed E-state index contributed by atoms with van der Waals surface area (Å²) < 4.78 is 55.9. The van der Waals surface area contributed by atoms with Crippen LogP contribution in [0.5, 0.6) is 0 Å². The van der Waals surface area contributed by atoms with Gasteiger partial charge >= 0.3 is 0 Å². The average Bonchev–Trinajstić information content (AvgIpc) is 2.72. The maximum atomic E-state index is 13.4. The van der Waals surface area contributed by atoms with Gasteiger partial charge in [0.05, 0.1) is 12.0 Å². The highest BCUT2D eigenvalue weighted by Crippen LogP contribution is 2.33. The molecule has 148 valence electrons. The van der Waals surface area contributed by atoms with Gasteiger partial charge in [-0.2, -0.15) is 8.42 Å². The zero-order valence-electron chi connectivity index (χ0n) is 14.9. The first-order valence-corrected chi connectivity index (χ1v) is 11.5. The Bertz CT molecular complexity index is 1480. The van der Waals surface area contributed by atoms with Gasteiger partial charge in [0.2, 0.25) is 9.84 Å². The lowest BCUT2D eigenvalue weighted by Gasteiger charge is -2.11. The molecule has 0 aliphatic rings. The molecular formula is C19H13ClN2O5S2. The van der Waals surface area contributed by atoms with Gasteiger partial charge in [-0.15, -0.1) is 0 Å². The van der Waals surface area contributed by atoms with E-state index in [1.807, 2.05) is 0 Å². The van der Waals surface area contributed by atoms with Gasteiger partial charge in [0, 0.05) is 33.9 Å². The first-order chi connectivity index (χ1) is 13.8. The SMILES string of the molecule is COS(=O)(=O)c1cccc2c(Cl)nc(S(=O)(=O)c3cccc4cnccc34)cc12. The highest BCUT2D eigenvalue weighted by atomic mass is 35.5. The molecule has 0 amide bonds. The molecule has 0 spiro atoms. The third-order valence-electron chi connectivity index (χ3n) is 4.46. The van der Waals surface area contributed by atoms with Crippen molar-refractivity contribution in [3.8, 4) is 0 Å². The van der Waals surface area contributed by atoms with E-state index in [9.17, 15) is 16.8 Å². The first-order valence-electron chi connectivity index (χ1n) is 8.23. The Balaban J connectivity index is 2.05. The number of fused-ring (bicyclic) bond motifs is 2. The van der Waals surface area contributed by atoms with Crippen molar-refractivity contribution in [3.63, 3.8) is 0 Å². The summed E-state index contributed by atoms with van der Waals surface area (Å²) in [5, 5.41) is 1.02. The Morgan fingerprint density at radius 1 is 0.897 bits per heavy atom. The van der Waals surface area contributed by atoms with Crippen molar-refractivity contribution in [3.05, 3.63) is 66.1 Å². The Labute approximate surface area is 172 Å². The van der Waals surface area contributed by atoms with E-state index in [4.69, 9.17) is 11.6 Å². The van der Waals surface area contributed by atoms with Crippen LogP contribution < -0.4 is 0 Å². The monoisotopic (exact) mass is 448 g/mol. The summed E-state index contributed by atoms with van der Waals surface area (Å²) in [6, 6.07) is 11.9. The minimum atomic E-state index is -4.11. The molecule has 10 heteroatoms. The molecule has 2 aromatic heterocycles. The molecule has 4 aromatic rings. The van der Waals surface area contributed by atoms with E-state index in [0.717, 1.165) is 7.11 Å². The van der Waals surface area contributed by atoms with Crippen molar-refractivity contribution in [1.29, 1.82) is 0 Å². The van der Waals surface area contributed by atoms with Crippen molar-refractivity contribution in [2.45, 2.75) is 14.8 Å². The number of rotatable bonds is 4. The second-order valence-electron chi connectivity index (χ2n) is 6.08. The van der Waals surface area contributed by atoms with E-state index < -0.39 is 20.0 Å². The third-order valence-corrected chi connectivity index (χ3v) is 7.78. The lowest BCUT2D eigenvalue weighted by molar-refractivity contribution is 0.398. The van der Waals surface area contributed by atoms with Crippen LogP contribution in [0.25, 0.3) is 21.5 Å². The lowest BCUT2D eigenvalue weighted by Crippen LogP contribution is -2.08. The largest absolute Gasteiger partial charge is 0.297 e. The summed E-state index contributed by atoms with van der Waals surface area (Å²) in [5.74, 6) is 0. The third kappa shape index (κ3) is 3.25. The van der Waals surface area contributed by atoms with Gasteiger partial charge in [0.15, 0.2) is 5.03 Å². The smallest absolute Gasteiger partial charge is 0.270 e. The standard InChI is InChI=1S/C19H13ClN2O5S2/c1-27-29(25,26)17-7-3-5-14-15(17)10-18(22-19(14)20)28(23,24)16-6-2-4-12-11-21-9-8-13(12)16/h2-11H,1H3. The van der Waals surface area contributed by atoms with Gasteiger partial charge in [0.25, 0.3) is 10.1 Å². The fraction of sp³-hybridized carbons (Fsp3) is 0.0526. The highest BCUT2D eigenvalue weighted by molar-refractivity contribution is 7.91. The molecule has 0 atom stereocenters. The molecule has 7 nitrogen and oxygen atoms in total. The Morgan fingerprint density at radius 3 is 2.38 bits per heavy atom. The minimum Gasteiger partial charge on any atom is -0.270 e. The summed E-state index contributed by atoms with van der Waals surface area (Å²) in [4.78, 5) is 7.86. The molecule has 4 rings (SSSR count). The van der Waals surface area contributed by atoms with Gasteiger partial charge in [-0.05, 0) is 24.3 Å². The molecule has 2 heterocycles. The van der Waals surface area contributed by atoms with Crippen molar-refractivity contribution in [1.82, 2.24) is 9.97 Å². The second-order valence-corrected chi connectivity index (χ2v) is 9.98. The molecule has 0 aliphatic heterocycles. The number of halogens is 1. The topological polar surface area (TPSA) is 103 Å². The molecule has 2 aromatic carbocycles. The highest BCUT2D eigenvalue weighted by Gasteiger charge is 2.26. The molecule has 29 heavy (non-hydrogen) atoms. The van der Waals surface area contributed by atoms with E-state index >= 15 is 0 Å². The van der Waals surface area contributed by atoms with Crippen LogP contribution in [0, 0.1) is 0 Å². The van der Waals surface area contributed by atoms with E-state index in [1.54, 1.807) is 30.5 Å². The maximum Gasteiger partial charge on any atom is 0.297 e. The van der Waals surface area contributed by atoms with E-state index in [-0.39, 0.29) is 25.4 Å². The van der Waals surface area contributed by atoms with Crippen LogP contribution in [0.15, 0.2) is 75.7 Å². The van der Waals surface area contributed by atoms with Crippen LogP contribution in [0.2, 0.25) is 5.15 Å². The van der Waals surface area contributed by atoms with Crippen LogP contribution in [0.4, 0.5) is 0 Å². The summed E-state index contributed by atoms with van der Waals surface area (Å²) in [6.07, 6.45) is 3.05. The van der Waals surface area contributed by atoms with E-state index in [1.165, 1.54) is 30.5 Å². The van der Waals surface area contributed by atoms with Crippen LogP contribution in [-0.2, 0) is 24.1 Å². The summed E-state index contributed by atoms with van der Waals surface area (Å²) >= 11 is 6.22. The number of aromatic nitrogens is 2. The molecule has 0 radical (unpaired) electrons. The van der Waals surface area contributed by atoms with Crippen molar-refractivity contribution in [2.75, 3.05) is 7.11 Å². The molecule has 0 N–H and O–H groups in total. The second kappa shape index (κ2) is 7.03. The number of benzene rings is 2. The summed E-state index contributed by atoms with van der Waals surface area (Å²) in [5.41, 5.74) is 0. The molecule has 0 bridgehead atoms. The van der Waals surface area contributed by atoms with Gasteiger partial charge in [-0.25, -0.2) is 13.4 Å². The molecule has 0 saturated heterocycles. The van der Waals surface area contributed by atoms with Crippen molar-refractivity contribution in [2.24, 2.45) is 0 Å². The molecule has 0 aliphatic carbocycles. The van der Waals surface area contributed by atoms with Crippen molar-refractivity contribution < 1.29 is 21.0 Å². The number of hydrogen-bond donors (Lipinski definition) is 0. The molecule has 0 fully saturated rings. The van der Waals surface area contributed by atoms with Gasteiger partial charge in [-0.3, -0.25) is 9.17 Å².